The van der Waals surface area contributed by atoms with Gasteiger partial charge in [-0.2, -0.15) is 15.1 Å². The molecule has 1 aromatic carbocycles. The van der Waals surface area contributed by atoms with Crippen LogP contribution in [0.3, 0.4) is 0 Å². The Kier molecular flexibility index (Phi) is 7.64. The molecule has 5 rings (SSSR count). The lowest BCUT2D eigenvalue weighted by atomic mass is 10.1. The molecule has 1 aliphatic carbocycles. The maximum Gasteiger partial charge on any atom is 0.459 e. The monoisotopic (exact) mass is 613 g/mol. The van der Waals surface area contributed by atoms with Crippen LogP contribution in [0.5, 0.6) is 5.75 Å². The van der Waals surface area contributed by atoms with E-state index in [4.69, 9.17) is 35.9 Å². The molecule has 2 fully saturated rings. The molecule has 7 atom stereocenters. The summed E-state index contributed by atoms with van der Waals surface area (Å²) in [5.74, 6) is -0.700. The first-order valence-corrected chi connectivity index (χ1v) is 14.7. The van der Waals surface area contributed by atoms with Gasteiger partial charge in [0, 0.05) is 14.1 Å². The van der Waals surface area contributed by atoms with Gasteiger partial charge >= 0.3 is 13.7 Å². The lowest BCUT2D eigenvalue weighted by molar-refractivity contribution is -0.144. The summed E-state index contributed by atoms with van der Waals surface area (Å²) in [6, 6.07) is 6.85. The number of hydrogen-bond donors (Lipinski definition) is 3. The van der Waals surface area contributed by atoms with Gasteiger partial charge in [0.05, 0.1) is 18.8 Å². The molecule has 0 spiro atoms. The van der Waals surface area contributed by atoms with Crippen LogP contribution >= 0.6 is 19.3 Å². The number of hydrogen-bond acceptors (Lipinski definition) is 12. The normalized spacial score (nSPS) is 29.0. The Morgan fingerprint density at radius 2 is 2.07 bits per heavy atom. The van der Waals surface area contributed by atoms with Gasteiger partial charge < -0.3 is 29.7 Å². The summed E-state index contributed by atoms with van der Waals surface area (Å²) >= 11 is 6.23. The van der Waals surface area contributed by atoms with Gasteiger partial charge in [-0.3, -0.25) is 13.9 Å². The third-order valence-electron chi connectivity index (χ3n) is 6.94. The Balaban J connectivity index is 1.45. The Labute approximate surface area is 239 Å². The fourth-order valence-electron chi connectivity index (χ4n) is 4.89. The van der Waals surface area contributed by atoms with Crippen LogP contribution in [0.1, 0.15) is 20.1 Å². The number of ether oxygens (including phenoxy) is 2. The molecule has 3 heterocycles. The van der Waals surface area contributed by atoms with Gasteiger partial charge in [-0.15, -0.1) is 11.6 Å². The number of aliphatic hydroxyl groups is 1. The summed E-state index contributed by atoms with van der Waals surface area (Å²) in [4.78, 5) is 26.6. The van der Waals surface area contributed by atoms with Crippen molar-refractivity contribution in [1.29, 1.82) is 0 Å². The molecule has 2 aliphatic rings. The Bertz CT molecular complexity index is 1500. The molecule has 14 nitrogen and oxygen atoms in total. The number of esters is 1. The Hall–Kier alpha value is -3.07. The molecular weight excluding hydrogens is 584 g/mol. The summed E-state index contributed by atoms with van der Waals surface area (Å²) in [5.41, 5.74) is 2.20. The number of imidazole rings is 1. The van der Waals surface area contributed by atoms with Gasteiger partial charge in [0.1, 0.15) is 23.5 Å². The van der Waals surface area contributed by atoms with Gasteiger partial charge in [-0.1, -0.05) is 18.2 Å². The van der Waals surface area contributed by atoms with Gasteiger partial charge in [0.2, 0.25) is 5.95 Å². The zero-order valence-electron chi connectivity index (χ0n) is 22.6. The number of fused-ring (bicyclic) bond motifs is 2. The van der Waals surface area contributed by atoms with Gasteiger partial charge in [-0.05, 0) is 26.0 Å². The Morgan fingerprint density at radius 1 is 1.37 bits per heavy atom. The van der Waals surface area contributed by atoms with Crippen LogP contribution in [-0.4, -0.2) is 86.7 Å². The number of carbonyl (C=O) groups is 1. The fourth-order valence-corrected chi connectivity index (χ4v) is 7.05. The van der Waals surface area contributed by atoms with Crippen LogP contribution in [0.25, 0.3) is 11.2 Å². The van der Waals surface area contributed by atoms with Crippen molar-refractivity contribution in [2.75, 3.05) is 37.2 Å². The topological polar surface area (TPSA) is 176 Å². The molecular formula is C24H30ClFN7O7P. The molecule has 1 saturated carbocycles. The number of nitrogens with two attached hydrogens (primary N) is 1. The number of carbonyl (C=O) groups excluding carboxylic acids is 1. The SMILES string of the molecule is CCOC(=O)[C@H](C)NP(=O)(Oc1ccccc1)O[C@H]1[C@]2(O)[C@@H](F)[C@H](n3cnc4c(N(C)C)nc(N)nc43)O[C@]12CCl. The van der Waals surface area contributed by atoms with E-state index in [0.29, 0.717) is 11.3 Å². The van der Waals surface area contributed by atoms with Crippen molar-refractivity contribution < 1.29 is 37.4 Å². The number of alkyl halides is 2. The lowest BCUT2D eigenvalue weighted by Gasteiger charge is -2.27. The number of nitrogens with one attached hydrogen (secondary N) is 1. The van der Waals surface area contributed by atoms with Crippen LogP contribution < -0.4 is 20.2 Å². The first kappa shape index (κ1) is 29.4. The molecule has 3 aromatic rings. The third kappa shape index (κ3) is 4.80. The van der Waals surface area contributed by atoms with Gasteiger partial charge in [-0.25, -0.2) is 13.9 Å². The van der Waals surface area contributed by atoms with Crippen LogP contribution in [0, 0.1) is 0 Å². The number of halogens is 2. The molecule has 1 saturated heterocycles. The zero-order valence-corrected chi connectivity index (χ0v) is 24.3. The molecule has 41 heavy (non-hydrogen) atoms. The lowest BCUT2D eigenvalue weighted by Crippen LogP contribution is -2.38. The zero-order chi connectivity index (χ0) is 29.7. The van der Waals surface area contributed by atoms with Crippen LogP contribution in [-0.2, 0) is 23.4 Å². The summed E-state index contributed by atoms with van der Waals surface area (Å²) < 4.78 is 53.8. The van der Waals surface area contributed by atoms with Crippen molar-refractivity contribution in [3.8, 4) is 5.75 Å². The number of nitrogens with zero attached hydrogens (tertiary/aromatic N) is 5. The highest BCUT2D eigenvalue weighted by molar-refractivity contribution is 7.52. The van der Waals surface area contributed by atoms with Crippen molar-refractivity contribution in [3.05, 3.63) is 36.7 Å². The summed E-state index contributed by atoms with van der Waals surface area (Å²) in [6.45, 7) is 3.10. The number of para-hydroxylation sites is 1. The maximum atomic E-state index is 16.2. The number of aromatic nitrogens is 4. The maximum absolute atomic E-state index is 16.2. The van der Waals surface area contributed by atoms with E-state index in [2.05, 4.69) is 20.0 Å². The molecule has 0 amide bonds. The number of nitrogen functional groups attached to an aromatic ring is 1. The van der Waals surface area contributed by atoms with Crippen molar-refractivity contribution in [2.24, 2.45) is 0 Å². The summed E-state index contributed by atoms with van der Waals surface area (Å²) in [5, 5.41) is 14.0. The first-order chi connectivity index (χ1) is 19.4. The quantitative estimate of drug-likeness (QED) is 0.163. The van der Waals surface area contributed by atoms with E-state index in [9.17, 15) is 14.5 Å². The molecule has 0 bridgehead atoms. The predicted molar refractivity (Wildman–Crippen MR) is 146 cm³/mol. The van der Waals surface area contributed by atoms with Crippen LogP contribution in [0.4, 0.5) is 16.2 Å². The smallest absolute Gasteiger partial charge is 0.459 e. The highest BCUT2D eigenvalue weighted by Gasteiger charge is 2.90. The van der Waals surface area contributed by atoms with Crippen LogP contribution in [0.2, 0.25) is 0 Å². The van der Waals surface area contributed by atoms with E-state index in [1.165, 1.54) is 30.0 Å². The molecule has 17 heteroatoms. The molecule has 222 valence electrons. The molecule has 4 N–H and O–H groups in total. The number of anilines is 2. The summed E-state index contributed by atoms with van der Waals surface area (Å²) in [6.07, 6.45) is -3.83. The highest BCUT2D eigenvalue weighted by atomic mass is 35.5. The summed E-state index contributed by atoms with van der Waals surface area (Å²) in [7, 11) is -0.998. The van der Waals surface area contributed by atoms with Gasteiger partial charge in [0.15, 0.2) is 35.0 Å². The van der Waals surface area contributed by atoms with E-state index in [0.717, 1.165) is 0 Å². The largest absolute Gasteiger partial charge is 0.465 e. The second-order valence-electron chi connectivity index (χ2n) is 9.87. The van der Waals surface area contributed by atoms with Crippen molar-refractivity contribution >= 4 is 48.2 Å². The van der Waals surface area contributed by atoms with E-state index in [1.807, 2.05) is 0 Å². The Morgan fingerprint density at radius 3 is 2.68 bits per heavy atom. The molecule has 0 radical (unpaired) electrons. The van der Waals surface area contributed by atoms with E-state index in [-0.39, 0.29) is 24.0 Å². The highest BCUT2D eigenvalue weighted by Crippen LogP contribution is 2.69. The second-order valence-corrected chi connectivity index (χ2v) is 11.8. The minimum atomic E-state index is -4.47. The predicted octanol–water partition coefficient (Wildman–Crippen LogP) is 2.18. The van der Waals surface area contributed by atoms with E-state index < -0.39 is 55.3 Å². The average Bonchev–Trinajstić information content (AvgIpc) is 3.17. The minimum Gasteiger partial charge on any atom is -0.465 e. The molecule has 2 aromatic heterocycles. The molecule has 1 unspecified atom stereocenters. The first-order valence-electron chi connectivity index (χ1n) is 12.7. The van der Waals surface area contributed by atoms with Crippen molar-refractivity contribution in [1.82, 2.24) is 24.6 Å². The van der Waals surface area contributed by atoms with Crippen molar-refractivity contribution in [2.45, 2.75) is 49.6 Å². The third-order valence-corrected chi connectivity index (χ3v) is 8.98. The van der Waals surface area contributed by atoms with E-state index >= 15 is 4.39 Å². The standard InChI is InChI=1S/C24H30ClFN7O7P/c1-5-37-20(34)13(2)31-41(36,39-14-9-7-6-8-10-14)40-21-23(11-25)24(21,35)16(26)19(38-23)33-12-28-15-17(32(3)4)29-22(27)30-18(15)33/h6-10,12-13,16,19,21,35H,5,11H2,1-4H3,(H,31,36)(H2,27,29,30)/t13-,16-,19+,21+,23+,24+,41?/m0/s1. The van der Waals surface area contributed by atoms with Gasteiger partial charge in [0.25, 0.3) is 0 Å². The number of rotatable bonds is 11. The average molecular weight is 614 g/mol. The van der Waals surface area contributed by atoms with Crippen molar-refractivity contribution in [3.63, 3.8) is 0 Å². The van der Waals surface area contributed by atoms with Crippen LogP contribution in [0.15, 0.2) is 36.7 Å². The number of benzene rings is 1. The molecule has 1 aliphatic heterocycles. The second kappa shape index (κ2) is 10.6. The fraction of sp³-hybridized carbons (Fsp3) is 0.500. The minimum absolute atomic E-state index is 0.0747. The van der Waals surface area contributed by atoms with E-state index in [1.54, 1.807) is 44.1 Å².